The fraction of sp³-hybridized carbons (Fsp3) is 0.143. The fourth-order valence-electron chi connectivity index (χ4n) is 0.575. The Morgan fingerprint density at radius 3 is 3.11 bits per heavy atom. The number of nitrogens with one attached hydrogen (secondary N) is 1. The lowest BCUT2D eigenvalue weighted by atomic mass is 10.3. The maximum Gasteiger partial charge on any atom is 0.0636 e. The molecule has 2 nitrogen and oxygen atoms in total. The predicted octanol–water partition coefficient (Wildman–Crippen LogP) is 1.46. The zero-order valence-electron chi connectivity index (χ0n) is 5.22. The minimum absolute atomic E-state index is 0.917. The van der Waals surface area contributed by atoms with E-state index in [1.54, 1.807) is 7.11 Å². The molecule has 0 aliphatic rings. The van der Waals surface area contributed by atoms with Crippen molar-refractivity contribution >= 4 is 5.69 Å². The highest BCUT2D eigenvalue weighted by Crippen LogP contribution is 2.02. The molecular formula is C7H8NO. The van der Waals surface area contributed by atoms with Crippen molar-refractivity contribution < 1.29 is 4.84 Å². The van der Waals surface area contributed by atoms with Gasteiger partial charge in [0.1, 0.15) is 0 Å². The van der Waals surface area contributed by atoms with Crippen LogP contribution in [0.2, 0.25) is 0 Å². The van der Waals surface area contributed by atoms with Gasteiger partial charge in [0.2, 0.25) is 0 Å². The van der Waals surface area contributed by atoms with E-state index in [0.717, 1.165) is 5.69 Å². The van der Waals surface area contributed by atoms with E-state index in [1.807, 2.05) is 24.3 Å². The van der Waals surface area contributed by atoms with Crippen LogP contribution < -0.4 is 5.48 Å². The highest BCUT2D eigenvalue weighted by molar-refractivity contribution is 5.39. The molecule has 0 atom stereocenters. The fourth-order valence-corrected chi connectivity index (χ4v) is 0.575. The lowest BCUT2D eigenvalue weighted by Gasteiger charge is -1.99. The molecule has 0 heterocycles. The first-order valence-electron chi connectivity index (χ1n) is 2.68. The van der Waals surface area contributed by atoms with Crippen LogP contribution in [0.15, 0.2) is 24.3 Å². The molecule has 0 aliphatic heterocycles. The van der Waals surface area contributed by atoms with Gasteiger partial charge in [0, 0.05) is 0 Å². The molecule has 0 saturated carbocycles. The molecule has 0 fully saturated rings. The Morgan fingerprint density at radius 2 is 2.56 bits per heavy atom. The number of anilines is 1. The summed E-state index contributed by atoms with van der Waals surface area (Å²) in [6.45, 7) is 0. The van der Waals surface area contributed by atoms with Crippen LogP contribution in [-0.2, 0) is 4.84 Å². The quantitative estimate of drug-likeness (QED) is 0.599. The van der Waals surface area contributed by atoms with Crippen molar-refractivity contribution in [2.24, 2.45) is 0 Å². The first-order valence-corrected chi connectivity index (χ1v) is 2.68. The Labute approximate surface area is 54.4 Å². The van der Waals surface area contributed by atoms with E-state index in [9.17, 15) is 0 Å². The lowest BCUT2D eigenvalue weighted by molar-refractivity contribution is 0.271. The largest absolute Gasteiger partial charge is 0.279 e. The van der Waals surface area contributed by atoms with Gasteiger partial charge < -0.3 is 0 Å². The van der Waals surface area contributed by atoms with Crippen LogP contribution in [0.3, 0.4) is 0 Å². The van der Waals surface area contributed by atoms with Crippen molar-refractivity contribution in [1.29, 1.82) is 0 Å². The van der Waals surface area contributed by atoms with Gasteiger partial charge in [0.25, 0.3) is 0 Å². The molecule has 0 amide bonds. The van der Waals surface area contributed by atoms with Crippen LogP contribution in [-0.4, -0.2) is 7.11 Å². The normalized spacial score (nSPS) is 9.00. The Kier molecular flexibility index (Phi) is 2.10. The Morgan fingerprint density at radius 1 is 1.67 bits per heavy atom. The molecule has 9 heavy (non-hydrogen) atoms. The van der Waals surface area contributed by atoms with E-state index in [1.165, 1.54) is 0 Å². The lowest BCUT2D eigenvalue weighted by Crippen LogP contribution is -1.93. The Hall–Kier alpha value is -1.02. The van der Waals surface area contributed by atoms with Crippen molar-refractivity contribution in [2.75, 3.05) is 12.6 Å². The second kappa shape index (κ2) is 3.10. The van der Waals surface area contributed by atoms with Crippen molar-refractivity contribution in [3.8, 4) is 0 Å². The van der Waals surface area contributed by atoms with E-state index < -0.39 is 0 Å². The standard InChI is InChI=1S/C7H8NO/c1-9-8-7-5-3-2-4-6-7/h2-3,5-6,8H,1H3. The summed E-state index contributed by atoms with van der Waals surface area (Å²) >= 11 is 0. The van der Waals surface area contributed by atoms with Gasteiger partial charge in [0.15, 0.2) is 0 Å². The van der Waals surface area contributed by atoms with E-state index in [2.05, 4.69) is 16.4 Å². The Balaban J connectivity index is 2.61. The maximum atomic E-state index is 4.66. The summed E-state index contributed by atoms with van der Waals surface area (Å²) in [6, 6.07) is 10.3. The Bertz CT molecular complexity index is 162. The van der Waals surface area contributed by atoms with E-state index in [-0.39, 0.29) is 0 Å². The summed E-state index contributed by atoms with van der Waals surface area (Å²) in [5.41, 5.74) is 3.59. The molecule has 0 aromatic heterocycles. The summed E-state index contributed by atoms with van der Waals surface area (Å²) in [6.07, 6.45) is 0. The number of hydrogen-bond acceptors (Lipinski definition) is 2. The molecule has 1 rings (SSSR count). The van der Waals surface area contributed by atoms with Crippen LogP contribution in [0.5, 0.6) is 0 Å². The van der Waals surface area contributed by atoms with Crippen molar-refractivity contribution in [3.05, 3.63) is 30.3 Å². The molecule has 2 heteroatoms. The van der Waals surface area contributed by atoms with Crippen LogP contribution in [0.25, 0.3) is 0 Å². The van der Waals surface area contributed by atoms with Gasteiger partial charge in [-0.3, -0.25) is 10.3 Å². The molecule has 1 aromatic carbocycles. The van der Waals surface area contributed by atoms with E-state index in [0.29, 0.717) is 0 Å². The van der Waals surface area contributed by atoms with Gasteiger partial charge in [-0.2, -0.15) is 0 Å². The van der Waals surface area contributed by atoms with Gasteiger partial charge >= 0.3 is 0 Å². The molecule has 1 radical (unpaired) electrons. The van der Waals surface area contributed by atoms with E-state index in [4.69, 9.17) is 0 Å². The average Bonchev–Trinajstić information content (AvgIpc) is 1.91. The van der Waals surface area contributed by atoms with Gasteiger partial charge in [-0.15, -0.1) is 0 Å². The predicted molar refractivity (Wildman–Crippen MR) is 35.9 cm³/mol. The van der Waals surface area contributed by atoms with Crippen LogP contribution >= 0.6 is 0 Å². The minimum Gasteiger partial charge on any atom is -0.279 e. The van der Waals surface area contributed by atoms with Crippen molar-refractivity contribution in [1.82, 2.24) is 0 Å². The number of hydrogen-bond donors (Lipinski definition) is 1. The number of benzene rings is 1. The SMILES string of the molecule is CONc1c[c]ccc1. The van der Waals surface area contributed by atoms with Gasteiger partial charge in [-0.1, -0.05) is 12.1 Å². The third kappa shape index (κ3) is 1.74. The highest BCUT2D eigenvalue weighted by Gasteiger charge is 1.82. The highest BCUT2D eigenvalue weighted by atomic mass is 16.6. The maximum absolute atomic E-state index is 4.66. The molecule has 1 N–H and O–H groups in total. The summed E-state index contributed by atoms with van der Waals surface area (Å²) in [5, 5.41) is 0. The van der Waals surface area contributed by atoms with E-state index >= 15 is 0 Å². The third-order valence-electron chi connectivity index (χ3n) is 0.927. The molecular weight excluding hydrogens is 114 g/mol. The molecule has 0 aliphatic carbocycles. The third-order valence-corrected chi connectivity index (χ3v) is 0.927. The zero-order chi connectivity index (χ0) is 6.53. The summed E-state index contributed by atoms with van der Waals surface area (Å²) in [4.78, 5) is 4.66. The molecule has 1 aromatic rings. The van der Waals surface area contributed by atoms with Gasteiger partial charge in [-0.25, -0.2) is 0 Å². The van der Waals surface area contributed by atoms with Gasteiger partial charge in [0.05, 0.1) is 12.8 Å². The first-order chi connectivity index (χ1) is 4.43. The van der Waals surface area contributed by atoms with Crippen molar-refractivity contribution in [2.45, 2.75) is 0 Å². The molecule has 0 spiro atoms. The molecule has 47 valence electrons. The van der Waals surface area contributed by atoms with Crippen molar-refractivity contribution in [3.63, 3.8) is 0 Å². The smallest absolute Gasteiger partial charge is 0.0636 e. The average molecular weight is 122 g/mol. The topological polar surface area (TPSA) is 21.3 Å². The summed E-state index contributed by atoms with van der Waals surface area (Å²) in [7, 11) is 1.58. The van der Waals surface area contributed by atoms with Crippen LogP contribution in [0.1, 0.15) is 0 Å². The molecule has 0 unspecified atom stereocenters. The zero-order valence-corrected chi connectivity index (χ0v) is 5.22. The summed E-state index contributed by atoms with van der Waals surface area (Å²) in [5.74, 6) is 0. The second-order valence-electron chi connectivity index (χ2n) is 1.60. The van der Waals surface area contributed by atoms with Gasteiger partial charge in [-0.05, 0) is 18.2 Å². The number of rotatable bonds is 2. The molecule has 0 bridgehead atoms. The summed E-state index contributed by atoms with van der Waals surface area (Å²) < 4.78 is 0. The monoisotopic (exact) mass is 122 g/mol. The second-order valence-corrected chi connectivity index (χ2v) is 1.60. The first kappa shape index (κ1) is 6.11. The minimum atomic E-state index is 0.917. The van der Waals surface area contributed by atoms with Crippen LogP contribution in [0, 0.1) is 6.07 Å². The molecule has 0 saturated heterocycles. The van der Waals surface area contributed by atoms with Crippen LogP contribution in [0.4, 0.5) is 5.69 Å².